The van der Waals surface area contributed by atoms with Crippen LogP contribution in [0.25, 0.3) is 0 Å². The van der Waals surface area contributed by atoms with Crippen molar-refractivity contribution in [1.82, 2.24) is 9.78 Å². The number of rotatable bonds is 3. The van der Waals surface area contributed by atoms with Gasteiger partial charge in [-0.2, -0.15) is 5.10 Å². The van der Waals surface area contributed by atoms with Gasteiger partial charge in [-0.15, -0.1) is 0 Å². The molecule has 0 saturated heterocycles. The highest BCUT2D eigenvalue weighted by Crippen LogP contribution is 2.26. The standard InChI is InChI=1S/C11H12ClFN4/c1-17-6-7(5-16-17)4-15-11-2-8(12)9(13)3-10(11)14/h2-3,5-6,15H,4,14H2,1H3. The maximum atomic E-state index is 13.1. The van der Waals surface area contributed by atoms with Crippen molar-refractivity contribution in [2.45, 2.75) is 6.54 Å². The summed E-state index contributed by atoms with van der Waals surface area (Å²) >= 11 is 5.68. The van der Waals surface area contributed by atoms with Gasteiger partial charge in [-0.1, -0.05) is 11.6 Å². The van der Waals surface area contributed by atoms with E-state index in [2.05, 4.69) is 10.4 Å². The normalized spacial score (nSPS) is 10.5. The van der Waals surface area contributed by atoms with Gasteiger partial charge in [-0.25, -0.2) is 4.39 Å². The molecule has 1 aromatic carbocycles. The number of nitrogens with zero attached hydrogens (tertiary/aromatic N) is 2. The monoisotopic (exact) mass is 254 g/mol. The summed E-state index contributed by atoms with van der Waals surface area (Å²) in [4.78, 5) is 0. The smallest absolute Gasteiger partial charge is 0.143 e. The van der Waals surface area contributed by atoms with Gasteiger partial charge in [0.2, 0.25) is 0 Å². The number of nitrogen functional groups attached to an aromatic ring is 1. The van der Waals surface area contributed by atoms with Crippen LogP contribution in [0.2, 0.25) is 5.02 Å². The summed E-state index contributed by atoms with van der Waals surface area (Å²) in [5, 5.41) is 7.17. The minimum Gasteiger partial charge on any atom is -0.397 e. The summed E-state index contributed by atoms with van der Waals surface area (Å²) in [6, 6.07) is 2.68. The summed E-state index contributed by atoms with van der Waals surface area (Å²) in [5.41, 5.74) is 7.63. The lowest BCUT2D eigenvalue weighted by Gasteiger charge is -2.09. The van der Waals surface area contributed by atoms with Crippen LogP contribution in [-0.2, 0) is 13.6 Å². The number of hydrogen-bond donors (Lipinski definition) is 2. The Kier molecular flexibility index (Phi) is 3.19. The number of aryl methyl sites for hydroxylation is 1. The number of nitrogens with one attached hydrogen (secondary N) is 1. The molecule has 6 heteroatoms. The van der Waals surface area contributed by atoms with Crippen LogP contribution >= 0.6 is 11.6 Å². The second-order valence-electron chi connectivity index (χ2n) is 3.73. The third kappa shape index (κ3) is 2.68. The van der Waals surface area contributed by atoms with E-state index in [4.69, 9.17) is 17.3 Å². The van der Waals surface area contributed by atoms with Crippen LogP contribution in [0.1, 0.15) is 5.56 Å². The van der Waals surface area contributed by atoms with Crippen molar-refractivity contribution >= 4 is 23.0 Å². The van der Waals surface area contributed by atoms with Crippen LogP contribution < -0.4 is 11.1 Å². The molecule has 17 heavy (non-hydrogen) atoms. The van der Waals surface area contributed by atoms with Crippen molar-refractivity contribution in [2.24, 2.45) is 7.05 Å². The molecule has 0 fully saturated rings. The Morgan fingerprint density at radius 1 is 1.53 bits per heavy atom. The average molecular weight is 255 g/mol. The van der Waals surface area contributed by atoms with Gasteiger partial charge in [0, 0.05) is 31.4 Å². The molecule has 0 spiro atoms. The first-order valence-corrected chi connectivity index (χ1v) is 5.40. The number of nitrogens with two attached hydrogens (primary N) is 1. The van der Waals surface area contributed by atoms with E-state index >= 15 is 0 Å². The van der Waals surface area contributed by atoms with Crippen LogP contribution in [0, 0.1) is 5.82 Å². The Bertz CT molecular complexity index is 538. The van der Waals surface area contributed by atoms with E-state index in [1.54, 1.807) is 10.9 Å². The van der Waals surface area contributed by atoms with Crippen molar-refractivity contribution in [3.8, 4) is 0 Å². The van der Waals surface area contributed by atoms with E-state index in [0.29, 0.717) is 17.9 Å². The molecule has 4 nitrogen and oxygen atoms in total. The van der Waals surface area contributed by atoms with E-state index in [-0.39, 0.29) is 5.02 Å². The van der Waals surface area contributed by atoms with Crippen LogP contribution in [0.3, 0.4) is 0 Å². The highest BCUT2D eigenvalue weighted by atomic mass is 35.5. The summed E-state index contributed by atoms with van der Waals surface area (Å²) in [6.45, 7) is 0.556. The maximum Gasteiger partial charge on any atom is 0.143 e. The Balaban J connectivity index is 2.11. The first kappa shape index (κ1) is 11.7. The lowest BCUT2D eigenvalue weighted by Crippen LogP contribution is -2.02. The molecule has 0 bridgehead atoms. The van der Waals surface area contributed by atoms with E-state index in [0.717, 1.165) is 5.56 Å². The molecule has 2 rings (SSSR count). The molecule has 0 radical (unpaired) electrons. The molecular formula is C11H12ClFN4. The van der Waals surface area contributed by atoms with Crippen molar-refractivity contribution in [3.05, 3.63) is 40.9 Å². The highest BCUT2D eigenvalue weighted by molar-refractivity contribution is 6.31. The van der Waals surface area contributed by atoms with Gasteiger partial charge in [0.15, 0.2) is 0 Å². The summed E-state index contributed by atoms with van der Waals surface area (Å²) in [5.74, 6) is -0.518. The molecule has 0 saturated carbocycles. The average Bonchev–Trinajstić information content (AvgIpc) is 2.68. The molecule has 0 aliphatic carbocycles. The van der Waals surface area contributed by atoms with Crippen molar-refractivity contribution < 1.29 is 4.39 Å². The zero-order chi connectivity index (χ0) is 12.4. The number of benzene rings is 1. The number of aromatic nitrogens is 2. The molecule has 90 valence electrons. The van der Waals surface area contributed by atoms with Gasteiger partial charge in [-0.3, -0.25) is 4.68 Å². The van der Waals surface area contributed by atoms with E-state index < -0.39 is 5.82 Å². The maximum absolute atomic E-state index is 13.1. The van der Waals surface area contributed by atoms with Crippen LogP contribution in [-0.4, -0.2) is 9.78 Å². The Hall–Kier alpha value is -1.75. The topological polar surface area (TPSA) is 55.9 Å². The van der Waals surface area contributed by atoms with Gasteiger partial charge in [0.25, 0.3) is 0 Å². The van der Waals surface area contributed by atoms with Crippen molar-refractivity contribution in [3.63, 3.8) is 0 Å². The van der Waals surface area contributed by atoms with Gasteiger partial charge >= 0.3 is 0 Å². The zero-order valence-electron chi connectivity index (χ0n) is 9.24. The largest absolute Gasteiger partial charge is 0.397 e. The quantitative estimate of drug-likeness (QED) is 0.827. The Morgan fingerprint density at radius 2 is 2.29 bits per heavy atom. The highest BCUT2D eigenvalue weighted by Gasteiger charge is 2.06. The summed E-state index contributed by atoms with van der Waals surface area (Å²) in [7, 11) is 1.84. The molecular weight excluding hydrogens is 243 g/mol. The minimum absolute atomic E-state index is 0.0490. The first-order valence-electron chi connectivity index (χ1n) is 5.02. The second-order valence-corrected chi connectivity index (χ2v) is 4.14. The lowest BCUT2D eigenvalue weighted by molar-refractivity contribution is 0.629. The van der Waals surface area contributed by atoms with Crippen LogP contribution in [0.5, 0.6) is 0 Å². The summed E-state index contributed by atoms with van der Waals surface area (Å²) in [6.07, 6.45) is 3.63. The fraction of sp³-hybridized carbons (Fsp3) is 0.182. The Morgan fingerprint density at radius 3 is 2.94 bits per heavy atom. The van der Waals surface area contributed by atoms with Crippen LogP contribution in [0.15, 0.2) is 24.5 Å². The minimum atomic E-state index is -0.518. The predicted molar refractivity (Wildman–Crippen MR) is 66.4 cm³/mol. The number of hydrogen-bond acceptors (Lipinski definition) is 3. The predicted octanol–water partition coefficient (Wildman–Crippen LogP) is 2.41. The van der Waals surface area contributed by atoms with Crippen LogP contribution in [0.4, 0.5) is 15.8 Å². The fourth-order valence-corrected chi connectivity index (χ4v) is 1.64. The fourth-order valence-electron chi connectivity index (χ4n) is 1.48. The molecule has 0 unspecified atom stereocenters. The number of anilines is 2. The molecule has 0 atom stereocenters. The third-order valence-corrected chi connectivity index (χ3v) is 2.62. The van der Waals surface area contributed by atoms with E-state index in [1.807, 2.05) is 13.2 Å². The van der Waals surface area contributed by atoms with Gasteiger partial charge in [0.1, 0.15) is 5.82 Å². The van der Waals surface area contributed by atoms with Crippen molar-refractivity contribution in [1.29, 1.82) is 0 Å². The van der Waals surface area contributed by atoms with E-state index in [9.17, 15) is 4.39 Å². The molecule has 1 aromatic heterocycles. The van der Waals surface area contributed by atoms with Gasteiger partial charge in [-0.05, 0) is 6.07 Å². The molecule has 2 aromatic rings. The van der Waals surface area contributed by atoms with Crippen molar-refractivity contribution in [2.75, 3.05) is 11.1 Å². The lowest BCUT2D eigenvalue weighted by atomic mass is 10.2. The zero-order valence-corrected chi connectivity index (χ0v) is 10.0. The van der Waals surface area contributed by atoms with E-state index in [1.165, 1.54) is 12.1 Å². The second kappa shape index (κ2) is 4.63. The molecule has 0 amide bonds. The summed E-state index contributed by atoms with van der Waals surface area (Å²) < 4.78 is 14.8. The molecule has 0 aliphatic heterocycles. The Labute approximate surface area is 103 Å². The third-order valence-electron chi connectivity index (χ3n) is 2.33. The molecule has 0 aliphatic rings. The molecule has 1 heterocycles. The van der Waals surface area contributed by atoms with Gasteiger partial charge in [0.05, 0.1) is 22.6 Å². The first-order chi connectivity index (χ1) is 8.06. The van der Waals surface area contributed by atoms with Gasteiger partial charge < -0.3 is 11.1 Å². The number of halogens is 2. The molecule has 3 N–H and O–H groups in total. The SMILES string of the molecule is Cn1cc(CNc2cc(Cl)c(F)cc2N)cn1.